The molecule has 0 aromatic heterocycles. The molecule has 124 valence electrons. The van der Waals surface area contributed by atoms with Gasteiger partial charge in [-0.05, 0) is 69.5 Å². The van der Waals surface area contributed by atoms with Crippen molar-refractivity contribution in [3.8, 4) is 5.75 Å². The molecule has 2 rings (SSSR count). The van der Waals surface area contributed by atoms with Crippen LogP contribution in [0.1, 0.15) is 49.8 Å². The number of nitrogens with zero attached hydrogens (tertiary/aromatic N) is 1. The molecule has 2 heteroatoms. The van der Waals surface area contributed by atoms with Crippen LogP contribution in [0.3, 0.4) is 0 Å². The zero-order valence-corrected chi connectivity index (χ0v) is 15.1. The monoisotopic (exact) mass is 303 g/mol. The Hall–Kier alpha value is -1.02. The van der Waals surface area contributed by atoms with Crippen molar-refractivity contribution in [2.45, 2.75) is 53.9 Å². The Morgan fingerprint density at radius 2 is 1.59 bits per heavy atom. The lowest BCUT2D eigenvalue weighted by atomic mass is 9.92. The highest BCUT2D eigenvalue weighted by molar-refractivity contribution is 5.42. The molecule has 0 aliphatic carbocycles. The Balaban J connectivity index is 1.69. The normalized spacial score (nSPS) is 22.8. The number of unbranched alkanes of at least 4 members (excludes halogenated alkanes) is 1. The zero-order valence-electron chi connectivity index (χ0n) is 15.1. The van der Waals surface area contributed by atoms with Crippen molar-refractivity contribution >= 4 is 0 Å². The van der Waals surface area contributed by atoms with E-state index in [1.54, 1.807) is 0 Å². The average Bonchev–Trinajstić information content (AvgIpc) is 2.39. The molecule has 2 nitrogen and oxygen atoms in total. The fourth-order valence-electron chi connectivity index (χ4n) is 3.98. The van der Waals surface area contributed by atoms with Gasteiger partial charge in [0.15, 0.2) is 0 Å². The zero-order chi connectivity index (χ0) is 16.1. The molecule has 1 aromatic rings. The van der Waals surface area contributed by atoms with E-state index in [0.717, 1.165) is 30.6 Å². The number of aryl methyl sites for hydroxylation is 3. The van der Waals surface area contributed by atoms with E-state index in [-0.39, 0.29) is 0 Å². The van der Waals surface area contributed by atoms with Gasteiger partial charge in [0.2, 0.25) is 0 Å². The van der Waals surface area contributed by atoms with Gasteiger partial charge in [0.1, 0.15) is 5.75 Å². The van der Waals surface area contributed by atoms with Crippen molar-refractivity contribution in [2.75, 3.05) is 26.2 Å². The maximum Gasteiger partial charge on any atom is 0.125 e. The molecule has 22 heavy (non-hydrogen) atoms. The summed E-state index contributed by atoms with van der Waals surface area (Å²) < 4.78 is 6.04. The Labute approximate surface area is 136 Å². The minimum atomic E-state index is 0.837. The third kappa shape index (κ3) is 5.01. The van der Waals surface area contributed by atoms with E-state index in [2.05, 4.69) is 51.7 Å². The van der Waals surface area contributed by atoms with Crippen LogP contribution in [0.4, 0.5) is 0 Å². The topological polar surface area (TPSA) is 12.5 Å². The Bertz CT molecular complexity index is 450. The number of ether oxygens (including phenoxy) is 1. The standard InChI is InChI=1S/C20H33NO/c1-15-11-18(4)20(19(5)12-15)22-9-7-6-8-21-13-16(2)10-17(3)14-21/h11-12,16-17H,6-10,13-14H2,1-5H3/t16-,17+. The predicted octanol–water partition coefficient (Wildman–Crippen LogP) is 4.75. The van der Waals surface area contributed by atoms with Gasteiger partial charge >= 0.3 is 0 Å². The number of hydrogen-bond donors (Lipinski definition) is 0. The third-order valence-electron chi connectivity index (χ3n) is 4.66. The molecule has 1 aliphatic heterocycles. The summed E-state index contributed by atoms with van der Waals surface area (Å²) in [7, 11) is 0. The van der Waals surface area contributed by atoms with Crippen LogP contribution >= 0.6 is 0 Å². The molecule has 1 fully saturated rings. The van der Waals surface area contributed by atoms with Crippen molar-refractivity contribution in [1.82, 2.24) is 4.90 Å². The predicted molar refractivity (Wildman–Crippen MR) is 94.8 cm³/mol. The van der Waals surface area contributed by atoms with Gasteiger partial charge in [-0.1, -0.05) is 31.5 Å². The van der Waals surface area contributed by atoms with E-state index < -0.39 is 0 Å². The highest BCUT2D eigenvalue weighted by atomic mass is 16.5. The second kappa shape index (κ2) is 8.01. The fraction of sp³-hybridized carbons (Fsp3) is 0.700. The van der Waals surface area contributed by atoms with Crippen LogP contribution in [0.25, 0.3) is 0 Å². The summed E-state index contributed by atoms with van der Waals surface area (Å²) in [5.74, 6) is 2.81. The lowest BCUT2D eigenvalue weighted by Crippen LogP contribution is -2.39. The summed E-state index contributed by atoms with van der Waals surface area (Å²) in [4.78, 5) is 2.64. The summed E-state index contributed by atoms with van der Waals surface area (Å²) >= 11 is 0. The second-order valence-corrected chi connectivity index (χ2v) is 7.49. The van der Waals surface area contributed by atoms with Gasteiger partial charge < -0.3 is 9.64 Å². The summed E-state index contributed by atoms with van der Waals surface area (Å²) in [6.45, 7) is 15.8. The minimum Gasteiger partial charge on any atom is -0.493 e. The minimum absolute atomic E-state index is 0.837. The highest BCUT2D eigenvalue weighted by Crippen LogP contribution is 2.25. The first kappa shape index (κ1) is 17.3. The number of likely N-dealkylation sites (tertiary alicyclic amines) is 1. The van der Waals surface area contributed by atoms with Crippen molar-refractivity contribution in [2.24, 2.45) is 11.8 Å². The van der Waals surface area contributed by atoms with E-state index in [1.165, 1.54) is 49.2 Å². The van der Waals surface area contributed by atoms with Crippen LogP contribution in [-0.2, 0) is 0 Å². The van der Waals surface area contributed by atoms with Crippen LogP contribution in [0, 0.1) is 32.6 Å². The maximum absolute atomic E-state index is 6.04. The molecule has 2 atom stereocenters. The molecule has 0 radical (unpaired) electrons. The number of rotatable bonds is 6. The SMILES string of the molecule is Cc1cc(C)c(OCCCCN2C[C@H](C)C[C@H](C)C2)c(C)c1. The van der Waals surface area contributed by atoms with Gasteiger partial charge in [-0.2, -0.15) is 0 Å². The summed E-state index contributed by atoms with van der Waals surface area (Å²) in [6, 6.07) is 4.41. The molecular weight excluding hydrogens is 270 g/mol. The molecule has 0 unspecified atom stereocenters. The van der Waals surface area contributed by atoms with E-state index in [4.69, 9.17) is 4.74 Å². The van der Waals surface area contributed by atoms with E-state index in [1.807, 2.05) is 0 Å². The first-order valence-electron chi connectivity index (χ1n) is 8.88. The van der Waals surface area contributed by atoms with Crippen molar-refractivity contribution < 1.29 is 4.74 Å². The lowest BCUT2D eigenvalue weighted by Gasteiger charge is -2.34. The second-order valence-electron chi connectivity index (χ2n) is 7.49. The number of piperidine rings is 1. The van der Waals surface area contributed by atoms with Crippen molar-refractivity contribution in [3.63, 3.8) is 0 Å². The Morgan fingerprint density at radius 1 is 1.00 bits per heavy atom. The molecule has 1 saturated heterocycles. The first-order chi connectivity index (χ1) is 10.5. The Kier molecular flexibility index (Phi) is 6.31. The maximum atomic E-state index is 6.04. The largest absolute Gasteiger partial charge is 0.493 e. The van der Waals surface area contributed by atoms with Crippen LogP contribution in [0.15, 0.2) is 12.1 Å². The van der Waals surface area contributed by atoms with Gasteiger partial charge in [-0.25, -0.2) is 0 Å². The van der Waals surface area contributed by atoms with E-state index in [9.17, 15) is 0 Å². The van der Waals surface area contributed by atoms with Crippen LogP contribution in [0.5, 0.6) is 5.75 Å². The van der Waals surface area contributed by atoms with Gasteiger partial charge in [-0.3, -0.25) is 0 Å². The van der Waals surface area contributed by atoms with Crippen LogP contribution < -0.4 is 4.74 Å². The molecular formula is C20H33NO. The average molecular weight is 303 g/mol. The third-order valence-corrected chi connectivity index (χ3v) is 4.66. The van der Waals surface area contributed by atoms with Gasteiger partial charge in [0.25, 0.3) is 0 Å². The first-order valence-corrected chi connectivity index (χ1v) is 8.88. The molecule has 0 amide bonds. The molecule has 1 heterocycles. The summed E-state index contributed by atoms with van der Waals surface area (Å²) in [5, 5.41) is 0. The van der Waals surface area contributed by atoms with E-state index in [0.29, 0.717) is 0 Å². The van der Waals surface area contributed by atoms with E-state index >= 15 is 0 Å². The number of benzene rings is 1. The lowest BCUT2D eigenvalue weighted by molar-refractivity contribution is 0.136. The fourth-order valence-corrected chi connectivity index (χ4v) is 3.98. The molecule has 1 aromatic carbocycles. The summed E-state index contributed by atoms with van der Waals surface area (Å²) in [5.41, 5.74) is 3.84. The van der Waals surface area contributed by atoms with Gasteiger partial charge in [-0.15, -0.1) is 0 Å². The smallest absolute Gasteiger partial charge is 0.125 e. The van der Waals surface area contributed by atoms with Crippen molar-refractivity contribution in [3.05, 3.63) is 28.8 Å². The van der Waals surface area contributed by atoms with Gasteiger partial charge in [0.05, 0.1) is 6.61 Å². The molecule has 0 saturated carbocycles. The molecule has 1 aliphatic rings. The van der Waals surface area contributed by atoms with Gasteiger partial charge in [0, 0.05) is 13.1 Å². The molecule has 0 bridgehead atoms. The molecule has 0 spiro atoms. The quantitative estimate of drug-likeness (QED) is 0.703. The number of hydrogen-bond acceptors (Lipinski definition) is 2. The van der Waals surface area contributed by atoms with Crippen LogP contribution in [-0.4, -0.2) is 31.1 Å². The summed E-state index contributed by atoms with van der Waals surface area (Å²) in [6.07, 6.45) is 3.78. The highest BCUT2D eigenvalue weighted by Gasteiger charge is 2.20. The van der Waals surface area contributed by atoms with Crippen molar-refractivity contribution in [1.29, 1.82) is 0 Å². The van der Waals surface area contributed by atoms with Crippen LogP contribution in [0.2, 0.25) is 0 Å². The Morgan fingerprint density at radius 3 is 2.18 bits per heavy atom. The molecule has 0 N–H and O–H groups in total.